The van der Waals surface area contributed by atoms with Crippen LogP contribution >= 0.6 is 11.6 Å². The van der Waals surface area contributed by atoms with Crippen LogP contribution in [0, 0.1) is 6.92 Å². The SMILES string of the molecule is COc1ccccc1CCN(C)S(=O)(=O)c1cccc(Cl)c1C. The number of ether oxygens (including phenoxy) is 1. The van der Waals surface area contributed by atoms with Gasteiger partial charge in [0.15, 0.2) is 0 Å². The maximum atomic E-state index is 12.7. The molecule has 0 aliphatic heterocycles. The second kappa shape index (κ2) is 7.34. The third-order valence-corrected chi connectivity index (χ3v) is 6.21. The monoisotopic (exact) mass is 353 g/mol. The van der Waals surface area contributed by atoms with E-state index in [4.69, 9.17) is 16.3 Å². The Balaban J connectivity index is 2.19. The highest BCUT2D eigenvalue weighted by Gasteiger charge is 2.23. The van der Waals surface area contributed by atoms with E-state index in [0.29, 0.717) is 23.6 Å². The van der Waals surface area contributed by atoms with Gasteiger partial charge in [-0.05, 0) is 42.7 Å². The van der Waals surface area contributed by atoms with Gasteiger partial charge in [-0.1, -0.05) is 35.9 Å². The number of halogens is 1. The summed E-state index contributed by atoms with van der Waals surface area (Å²) in [7, 11) is -0.394. The fraction of sp³-hybridized carbons (Fsp3) is 0.294. The second-order valence-electron chi connectivity index (χ2n) is 5.25. The van der Waals surface area contributed by atoms with Crippen LogP contribution in [0.25, 0.3) is 0 Å². The molecule has 124 valence electrons. The molecule has 0 saturated carbocycles. The zero-order valence-corrected chi connectivity index (χ0v) is 15.0. The average molecular weight is 354 g/mol. The van der Waals surface area contributed by atoms with Gasteiger partial charge < -0.3 is 4.74 Å². The number of methoxy groups -OCH3 is 1. The van der Waals surface area contributed by atoms with Crippen LogP contribution in [-0.2, 0) is 16.4 Å². The first-order valence-electron chi connectivity index (χ1n) is 7.21. The van der Waals surface area contributed by atoms with E-state index in [-0.39, 0.29) is 4.90 Å². The molecule has 2 aromatic rings. The van der Waals surface area contributed by atoms with Gasteiger partial charge in [-0.25, -0.2) is 12.7 Å². The molecule has 4 nitrogen and oxygen atoms in total. The minimum absolute atomic E-state index is 0.243. The molecule has 2 aromatic carbocycles. The molecule has 6 heteroatoms. The molecule has 0 saturated heterocycles. The largest absolute Gasteiger partial charge is 0.496 e. The van der Waals surface area contributed by atoms with Gasteiger partial charge in [0.25, 0.3) is 0 Å². The fourth-order valence-electron chi connectivity index (χ4n) is 2.34. The quantitative estimate of drug-likeness (QED) is 0.798. The molecule has 0 aliphatic carbocycles. The molecule has 0 radical (unpaired) electrons. The van der Waals surface area contributed by atoms with E-state index in [0.717, 1.165) is 11.3 Å². The maximum absolute atomic E-state index is 12.7. The van der Waals surface area contributed by atoms with Crippen molar-refractivity contribution in [2.45, 2.75) is 18.2 Å². The minimum atomic E-state index is -3.57. The zero-order valence-electron chi connectivity index (χ0n) is 13.4. The van der Waals surface area contributed by atoms with Gasteiger partial charge in [0.1, 0.15) is 5.75 Å². The topological polar surface area (TPSA) is 46.6 Å². The van der Waals surface area contributed by atoms with E-state index in [2.05, 4.69) is 0 Å². The Bertz CT molecular complexity index is 790. The Labute approximate surface area is 142 Å². The van der Waals surface area contributed by atoms with Crippen LogP contribution in [0.1, 0.15) is 11.1 Å². The van der Waals surface area contributed by atoms with E-state index in [1.165, 1.54) is 4.31 Å². The van der Waals surface area contributed by atoms with E-state index in [1.807, 2.05) is 24.3 Å². The van der Waals surface area contributed by atoms with E-state index in [9.17, 15) is 8.42 Å². The first kappa shape index (κ1) is 17.8. The number of para-hydroxylation sites is 1. The summed E-state index contributed by atoms with van der Waals surface area (Å²) in [4.78, 5) is 0.243. The Morgan fingerprint density at radius 1 is 1.13 bits per heavy atom. The maximum Gasteiger partial charge on any atom is 0.243 e. The van der Waals surface area contributed by atoms with Gasteiger partial charge in [-0.3, -0.25) is 0 Å². The Kier molecular flexibility index (Phi) is 5.68. The van der Waals surface area contributed by atoms with Crippen LogP contribution in [0.5, 0.6) is 5.75 Å². The smallest absolute Gasteiger partial charge is 0.243 e. The van der Waals surface area contributed by atoms with Gasteiger partial charge >= 0.3 is 0 Å². The molecule has 0 fully saturated rings. The van der Waals surface area contributed by atoms with E-state index >= 15 is 0 Å². The average Bonchev–Trinajstić information content (AvgIpc) is 2.55. The lowest BCUT2D eigenvalue weighted by atomic mass is 10.1. The van der Waals surface area contributed by atoms with Gasteiger partial charge in [-0.2, -0.15) is 0 Å². The molecule has 0 unspecified atom stereocenters. The van der Waals surface area contributed by atoms with Gasteiger partial charge in [0, 0.05) is 18.6 Å². The number of sulfonamides is 1. The van der Waals surface area contributed by atoms with Crippen LogP contribution < -0.4 is 4.74 Å². The van der Waals surface area contributed by atoms with Crippen molar-refractivity contribution in [2.24, 2.45) is 0 Å². The molecule has 0 atom stereocenters. The van der Waals surface area contributed by atoms with Gasteiger partial charge in [-0.15, -0.1) is 0 Å². The van der Waals surface area contributed by atoms with Crippen LogP contribution in [-0.4, -0.2) is 33.4 Å². The molecule has 0 aliphatic rings. The predicted molar refractivity (Wildman–Crippen MR) is 92.7 cm³/mol. The van der Waals surface area contributed by atoms with Crippen LogP contribution in [0.4, 0.5) is 0 Å². The zero-order chi connectivity index (χ0) is 17.0. The van der Waals surface area contributed by atoms with E-state index in [1.54, 1.807) is 39.3 Å². The summed E-state index contributed by atoms with van der Waals surface area (Å²) in [6.07, 6.45) is 0.569. The normalized spacial score (nSPS) is 11.7. The van der Waals surface area contributed by atoms with Crippen LogP contribution in [0.15, 0.2) is 47.4 Å². The second-order valence-corrected chi connectivity index (χ2v) is 7.67. The fourth-order valence-corrected chi connectivity index (χ4v) is 3.99. The van der Waals surface area contributed by atoms with Gasteiger partial charge in [0.05, 0.1) is 12.0 Å². The Morgan fingerprint density at radius 2 is 1.83 bits per heavy atom. The first-order valence-corrected chi connectivity index (χ1v) is 9.03. The lowest BCUT2D eigenvalue weighted by Gasteiger charge is -2.19. The third kappa shape index (κ3) is 3.86. The highest BCUT2D eigenvalue weighted by Crippen LogP contribution is 2.25. The highest BCUT2D eigenvalue weighted by molar-refractivity contribution is 7.89. The van der Waals surface area contributed by atoms with Gasteiger partial charge in [0.2, 0.25) is 10.0 Å². The van der Waals surface area contributed by atoms with Crippen LogP contribution in [0.2, 0.25) is 5.02 Å². The summed E-state index contributed by atoms with van der Waals surface area (Å²) >= 11 is 6.04. The predicted octanol–water partition coefficient (Wildman–Crippen LogP) is 3.52. The molecular formula is C17H20ClNO3S. The third-order valence-electron chi connectivity index (χ3n) is 3.79. The number of likely N-dealkylation sites (N-methyl/N-ethyl adjacent to an activating group) is 1. The number of nitrogens with zero attached hydrogens (tertiary/aromatic N) is 1. The van der Waals surface area contributed by atoms with Crippen molar-refractivity contribution in [1.29, 1.82) is 0 Å². The molecule has 23 heavy (non-hydrogen) atoms. The van der Waals surface area contributed by atoms with Crippen molar-refractivity contribution in [3.05, 3.63) is 58.6 Å². The highest BCUT2D eigenvalue weighted by atomic mass is 35.5. The summed E-state index contributed by atoms with van der Waals surface area (Å²) in [5.74, 6) is 0.761. The first-order chi connectivity index (χ1) is 10.9. The van der Waals surface area contributed by atoms with Crippen molar-refractivity contribution in [3.63, 3.8) is 0 Å². The van der Waals surface area contributed by atoms with Crippen molar-refractivity contribution in [2.75, 3.05) is 20.7 Å². The van der Waals surface area contributed by atoms with Crippen molar-refractivity contribution in [3.8, 4) is 5.75 Å². The van der Waals surface area contributed by atoms with Crippen LogP contribution in [0.3, 0.4) is 0 Å². The number of benzene rings is 2. The summed E-state index contributed by atoms with van der Waals surface area (Å²) in [5.41, 5.74) is 1.54. The molecule has 0 N–H and O–H groups in total. The summed E-state index contributed by atoms with van der Waals surface area (Å²) in [6.45, 7) is 2.07. The van der Waals surface area contributed by atoms with E-state index < -0.39 is 10.0 Å². The Hall–Kier alpha value is -1.56. The van der Waals surface area contributed by atoms with Crippen molar-refractivity contribution < 1.29 is 13.2 Å². The molecule has 2 rings (SSSR count). The Morgan fingerprint density at radius 3 is 2.52 bits per heavy atom. The molecule has 0 aromatic heterocycles. The summed E-state index contributed by atoms with van der Waals surface area (Å²) in [5, 5.41) is 0.448. The minimum Gasteiger partial charge on any atom is -0.496 e. The molecule has 0 amide bonds. The standard InChI is InChI=1S/C17H20ClNO3S/c1-13-15(18)8-6-10-17(13)23(20,21)19(2)12-11-14-7-4-5-9-16(14)22-3/h4-10H,11-12H2,1-3H3. The lowest BCUT2D eigenvalue weighted by Crippen LogP contribution is -2.29. The van der Waals surface area contributed by atoms with Crippen molar-refractivity contribution in [1.82, 2.24) is 4.31 Å². The number of hydrogen-bond donors (Lipinski definition) is 0. The summed E-state index contributed by atoms with van der Waals surface area (Å²) < 4.78 is 32.1. The molecule has 0 heterocycles. The van der Waals surface area contributed by atoms with Crippen molar-refractivity contribution >= 4 is 21.6 Å². The lowest BCUT2D eigenvalue weighted by molar-refractivity contribution is 0.406. The molecular weight excluding hydrogens is 334 g/mol. The molecule has 0 spiro atoms. The number of hydrogen-bond acceptors (Lipinski definition) is 3. The number of rotatable bonds is 6. The molecule has 0 bridgehead atoms. The summed E-state index contributed by atoms with van der Waals surface area (Å²) in [6, 6.07) is 12.5.